The van der Waals surface area contributed by atoms with Crippen molar-refractivity contribution in [3.05, 3.63) is 59.6 Å². The standard InChI is InChI=1S/C30H42N4O5/c1-9-12-21(2)39-28-31-27(24-13-10-11-16-34(24)32-28)33(19-22-14-15-23(35-5)17-25(22)36-6)20-29(3)26(37-7)18-30(29,4)38-8/h11,13-18,21H,9-10,12,19-20H2,1-8H3/t21-,29?,30-/m0/s1. The van der Waals surface area contributed by atoms with Gasteiger partial charge >= 0.3 is 6.02 Å². The summed E-state index contributed by atoms with van der Waals surface area (Å²) in [6.45, 7) is 9.53. The second kappa shape index (κ2) is 11.7. The zero-order chi connectivity index (χ0) is 28.2. The molecule has 0 saturated carbocycles. The van der Waals surface area contributed by atoms with Crippen LogP contribution in [0.15, 0.2) is 64.2 Å². The normalized spacial score (nSPS) is 24.4. The molecular formula is C30H42N4O5. The maximum atomic E-state index is 6.19. The lowest BCUT2D eigenvalue weighted by molar-refractivity contribution is -0.100. The van der Waals surface area contributed by atoms with E-state index in [1.807, 2.05) is 42.4 Å². The van der Waals surface area contributed by atoms with Crippen molar-refractivity contribution in [2.24, 2.45) is 15.5 Å². The maximum Gasteiger partial charge on any atom is 0.336 e. The van der Waals surface area contributed by atoms with Crippen LogP contribution in [0.3, 0.4) is 0 Å². The van der Waals surface area contributed by atoms with Crippen molar-refractivity contribution in [2.75, 3.05) is 35.0 Å². The largest absolute Gasteiger partial charge is 0.501 e. The number of amidine groups is 2. The van der Waals surface area contributed by atoms with Crippen LogP contribution in [0.1, 0.15) is 52.5 Å². The Balaban J connectivity index is 1.79. The van der Waals surface area contributed by atoms with Crippen LogP contribution in [0.25, 0.3) is 0 Å². The molecule has 0 spiro atoms. The van der Waals surface area contributed by atoms with Crippen molar-refractivity contribution in [1.82, 2.24) is 9.91 Å². The average Bonchev–Trinajstić information content (AvgIpc) is 2.94. The third-order valence-corrected chi connectivity index (χ3v) is 7.92. The zero-order valence-corrected chi connectivity index (χ0v) is 24.5. The maximum absolute atomic E-state index is 6.19. The number of allylic oxidation sites excluding steroid dienone is 2. The number of aliphatic imine (C=N–C) groups is 1. The van der Waals surface area contributed by atoms with Gasteiger partial charge < -0.3 is 28.6 Å². The van der Waals surface area contributed by atoms with Gasteiger partial charge in [0.1, 0.15) is 28.6 Å². The van der Waals surface area contributed by atoms with E-state index in [0.717, 1.165) is 53.6 Å². The van der Waals surface area contributed by atoms with Gasteiger partial charge in [-0.15, -0.1) is 5.10 Å². The third-order valence-electron chi connectivity index (χ3n) is 7.92. The van der Waals surface area contributed by atoms with E-state index in [2.05, 4.69) is 42.9 Å². The summed E-state index contributed by atoms with van der Waals surface area (Å²) in [4.78, 5) is 7.25. The Morgan fingerprint density at radius 1 is 1.10 bits per heavy atom. The fraction of sp³-hybridized carbons (Fsp3) is 0.533. The van der Waals surface area contributed by atoms with Gasteiger partial charge in [0.2, 0.25) is 0 Å². The lowest BCUT2D eigenvalue weighted by Crippen LogP contribution is -2.59. The number of hydrogen-bond donors (Lipinski definition) is 0. The van der Waals surface area contributed by atoms with Crippen LogP contribution < -0.4 is 9.47 Å². The molecule has 0 saturated heterocycles. The van der Waals surface area contributed by atoms with E-state index >= 15 is 0 Å². The lowest BCUT2D eigenvalue weighted by Gasteiger charge is -2.54. The minimum absolute atomic E-state index is 0.00265. The van der Waals surface area contributed by atoms with Crippen LogP contribution in [0.2, 0.25) is 0 Å². The van der Waals surface area contributed by atoms with E-state index in [4.69, 9.17) is 28.7 Å². The van der Waals surface area contributed by atoms with Gasteiger partial charge in [-0.25, -0.2) is 5.01 Å². The van der Waals surface area contributed by atoms with E-state index < -0.39 is 11.0 Å². The second-order valence-electron chi connectivity index (χ2n) is 10.5. The lowest BCUT2D eigenvalue weighted by atomic mass is 9.63. The van der Waals surface area contributed by atoms with Gasteiger partial charge in [-0.1, -0.05) is 25.5 Å². The van der Waals surface area contributed by atoms with E-state index in [1.165, 1.54) is 0 Å². The highest BCUT2D eigenvalue weighted by atomic mass is 16.5. The SMILES string of the molecule is CCC[C@H](C)OC1=NN2C=CCC=C2C(N(Cc2ccc(OC)cc2OC)CC2(C)C(OC)=C[C@]2(C)OC)=N1. The van der Waals surface area contributed by atoms with Gasteiger partial charge in [-0.05, 0) is 51.8 Å². The second-order valence-corrected chi connectivity index (χ2v) is 10.5. The quantitative estimate of drug-likeness (QED) is 0.371. The molecular weight excluding hydrogens is 496 g/mol. The van der Waals surface area contributed by atoms with Gasteiger partial charge in [-0.2, -0.15) is 4.99 Å². The molecule has 0 bridgehead atoms. The van der Waals surface area contributed by atoms with Gasteiger partial charge in [0.05, 0.1) is 32.8 Å². The summed E-state index contributed by atoms with van der Waals surface area (Å²) >= 11 is 0. The van der Waals surface area contributed by atoms with Crippen molar-refractivity contribution in [3.8, 4) is 11.5 Å². The van der Waals surface area contributed by atoms with Crippen LogP contribution in [-0.4, -0.2) is 68.5 Å². The molecule has 3 aliphatic rings. The fourth-order valence-corrected chi connectivity index (χ4v) is 5.30. The topological polar surface area (TPSA) is 77.4 Å². The highest BCUT2D eigenvalue weighted by Crippen LogP contribution is 2.52. The molecule has 0 N–H and O–H groups in total. The van der Waals surface area contributed by atoms with Gasteiger partial charge in [0, 0.05) is 38.0 Å². The first-order valence-corrected chi connectivity index (χ1v) is 13.5. The van der Waals surface area contributed by atoms with E-state index in [1.54, 1.807) is 28.4 Å². The number of ether oxygens (including phenoxy) is 5. The van der Waals surface area contributed by atoms with Crippen LogP contribution >= 0.6 is 0 Å². The Morgan fingerprint density at radius 2 is 1.90 bits per heavy atom. The first-order valence-electron chi connectivity index (χ1n) is 13.5. The smallest absolute Gasteiger partial charge is 0.336 e. The summed E-state index contributed by atoms with van der Waals surface area (Å²) in [5.74, 6) is 3.13. The molecule has 39 heavy (non-hydrogen) atoms. The molecule has 4 rings (SSSR count). The van der Waals surface area contributed by atoms with Crippen molar-refractivity contribution in [1.29, 1.82) is 0 Å². The highest BCUT2D eigenvalue weighted by molar-refractivity contribution is 6.06. The number of nitrogens with zero attached hydrogens (tertiary/aromatic N) is 4. The summed E-state index contributed by atoms with van der Waals surface area (Å²) in [6.07, 6.45) is 10.9. The van der Waals surface area contributed by atoms with E-state index in [9.17, 15) is 0 Å². The summed E-state index contributed by atoms with van der Waals surface area (Å²) < 4.78 is 29.2. The van der Waals surface area contributed by atoms with Crippen LogP contribution in [0.5, 0.6) is 11.5 Å². The number of rotatable bonds is 11. The van der Waals surface area contributed by atoms with Gasteiger partial charge in [-0.3, -0.25) is 0 Å². The van der Waals surface area contributed by atoms with Crippen LogP contribution in [0.4, 0.5) is 0 Å². The zero-order valence-electron chi connectivity index (χ0n) is 24.5. The van der Waals surface area contributed by atoms with E-state index in [0.29, 0.717) is 19.1 Å². The van der Waals surface area contributed by atoms with E-state index in [-0.39, 0.29) is 6.10 Å². The molecule has 0 fully saturated rings. The predicted octanol–water partition coefficient (Wildman–Crippen LogP) is 5.45. The third kappa shape index (κ3) is 5.50. The molecule has 2 aliphatic heterocycles. The average molecular weight is 539 g/mol. The molecule has 1 aromatic carbocycles. The van der Waals surface area contributed by atoms with Crippen molar-refractivity contribution >= 4 is 11.9 Å². The van der Waals surface area contributed by atoms with Gasteiger partial charge in [0.25, 0.3) is 0 Å². The Morgan fingerprint density at radius 3 is 2.56 bits per heavy atom. The molecule has 1 aliphatic carbocycles. The molecule has 1 unspecified atom stereocenters. The summed E-state index contributed by atoms with van der Waals surface area (Å²) in [7, 11) is 6.77. The molecule has 0 radical (unpaired) electrons. The summed E-state index contributed by atoms with van der Waals surface area (Å²) in [5, 5.41) is 6.54. The number of methoxy groups -OCH3 is 4. The molecule has 212 valence electrons. The molecule has 2 heterocycles. The Kier molecular flexibility index (Phi) is 8.59. The minimum atomic E-state index is -0.514. The summed E-state index contributed by atoms with van der Waals surface area (Å²) in [6, 6.07) is 6.22. The number of hydrogen-bond acceptors (Lipinski definition) is 9. The van der Waals surface area contributed by atoms with Crippen molar-refractivity contribution < 1.29 is 23.7 Å². The highest BCUT2D eigenvalue weighted by Gasteiger charge is 2.57. The predicted molar refractivity (Wildman–Crippen MR) is 153 cm³/mol. The van der Waals surface area contributed by atoms with Crippen molar-refractivity contribution in [3.63, 3.8) is 0 Å². The Hall–Kier alpha value is -3.46. The summed E-state index contributed by atoms with van der Waals surface area (Å²) in [5.41, 5.74) is 0.943. The molecule has 0 amide bonds. The van der Waals surface area contributed by atoms with Crippen LogP contribution in [0, 0.1) is 5.41 Å². The van der Waals surface area contributed by atoms with Crippen molar-refractivity contribution in [2.45, 2.75) is 65.2 Å². The molecule has 9 heteroatoms. The minimum Gasteiger partial charge on any atom is -0.501 e. The first-order chi connectivity index (χ1) is 18.7. The Bertz CT molecular complexity index is 1210. The number of benzene rings is 1. The molecule has 9 nitrogen and oxygen atoms in total. The fourth-order valence-electron chi connectivity index (χ4n) is 5.30. The molecule has 1 aromatic rings. The van der Waals surface area contributed by atoms with Gasteiger partial charge in [0.15, 0.2) is 5.84 Å². The first kappa shape index (κ1) is 28.5. The molecule has 3 atom stereocenters. The Labute approximate surface area is 232 Å². The number of hydrazone groups is 1. The monoisotopic (exact) mass is 538 g/mol. The van der Waals surface area contributed by atoms with Crippen LogP contribution in [-0.2, 0) is 20.8 Å². The number of fused-ring (bicyclic) bond motifs is 1. The molecule has 0 aromatic heterocycles.